The van der Waals surface area contributed by atoms with Gasteiger partial charge < -0.3 is 15.4 Å². The number of aromatic amines is 1. The van der Waals surface area contributed by atoms with E-state index in [1.165, 1.54) is 18.4 Å². The molecule has 10 heteroatoms. The molecule has 3 rings (SSSR count). The summed E-state index contributed by atoms with van der Waals surface area (Å²) in [6, 6.07) is 3.49. The van der Waals surface area contributed by atoms with Crippen molar-refractivity contribution >= 4 is 34.0 Å². The highest BCUT2D eigenvalue weighted by Crippen LogP contribution is 2.32. The number of nitrogen functional groups attached to an aromatic ring is 1. The number of H-pyrrole nitrogens is 1. The van der Waals surface area contributed by atoms with E-state index in [2.05, 4.69) is 16.3 Å². The fraction of sp³-hybridized carbons (Fsp3) is 0.444. The Labute approximate surface area is 166 Å². The summed E-state index contributed by atoms with van der Waals surface area (Å²) in [6.07, 6.45) is 2.07. The molecule has 1 aliphatic heterocycles. The molecule has 0 bridgehead atoms. The average Bonchev–Trinajstić information content (AvgIpc) is 3.39. The van der Waals surface area contributed by atoms with Gasteiger partial charge in [-0.3, -0.25) is 14.8 Å². The van der Waals surface area contributed by atoms with Crippen LogP contribution >= 0.6 is 11.3 Å². The Morgan fingerprint density at radius 3 is 3.11 bits per heavy atom. The highest BCUT2D eigenvalue weighted by atomic mass is 32.1. The van der Waals surface area contributed by atoms with Crippen LogP contribution in [-0.2, 0) is 16.0 Å². The third-order valence-corrected chi connectivity index (χ3v) is 5.86. The summed E-state index contributed by atoms with van der Waals surface area (Å²) >= 11 is 1.36. The van der Waals surface area contributed by atoms with Gasteiger partial charge in [-0.1, -0.05) is 0 Å². The summed E-state index contributed by atoms with van der Waals surface area (Å²) in [7, 11) is 3.24. The van der Waals surface area contributed by atoms with E-state index in [-0.39, 0.29) is 17.8 Å². The number of anilines is 2. The number of aromatic nitrogens is 2. The van der Waals surface area contributed by atoms with E-state index in [9.17, 15) is 9.59 Å². The molecular formula is C18H22N6O3S. The average molecular weight is 402 g/mol. The summed E-state index contributed by atoms with van der Waals surface area (Å²) in [5, 5.41) is 18.2. The Hall–Kier alpha value is -2.90. The van der Waals surface area contributed by atoms with Crippen molar-refractivity contribution in [1.29, 1.82) is 5.26 Å². The Kier molecular flexibility index (Phi) is 5.96. The molecule has 2 aromatic heterocycles. The number of carbonyl (C=O) groups excluding carboxylic acids is 2. The molecule has 1 atom stereocenters. The van der Waals surface area contributed by atoms with E-state index in [1.54, 1.807) is 16.3 Å². The third kappa shape index (κ3) is 3.72. The minimum Gasteiger partial charge on any atom is -0.465 e. The van der Waals surface area contributed by atoms with Gasteiger partial charge in [0, 0.05) is 6.54 Å². The maximum Gasteiger partial charge on any atom is 0.340 e. The van der Waals surface area contributed by atoms with Gasteiger partial charge in [0.2, 0.25) is 5.91 Å². The number of esters is 1. The van der Waals surface area contributed by atoms with Crippen LogP contribution in [0.1, 0.15) is 34.5 Å². The van der Waals surface area contributed by atoms with Crippen molar-refractivity contribution in [2.45, 2.75) is 25.3 Å². The number of methoxy groups -OCH3 is 1. The van der Waals surface area contributed by atoms with E-state index < -0.39 is 5.97 Å². The van der Waals surface area contributed by atoms with Gasteiger partial charge in [-0.2, -0.15) is 10.4 Å². The van der Waals surface area contributed by atoms with Crippen molar-refractivity contribution < 1.29 is 14.3 Å². The fourth-order valence-corrected chi connectivity index (χ4v) is 4.33. The largest absolute Gasteiger partial charge is 0.465 e. The summed E-state index contributed by atoms with van der Waals surface area (Å²) in [4.78, 5) is 28.5. The lowest BCUT2D eigenvalue weighted by atomic mass is 10.1. The number of nitrogens with two attached hydrogens (primary N) is 1. The van der Waals surface area contributed by atoms with Crippen molar-refractivity contribution in [3.05, 3.63) is 28.3 Å². The molecule has 1 aliphatic rings. The Bertz CT molecular complexity index is 915. The topological polar surface area (TPSA) is 128 Å². The summed E-state index contributed by atoms with van der Waals surface area (Å²) in [6.45, 7) is 1.25. The predicted octanol–water partition coefficient (Wildman–Crippen LogP) is 1.38. The molecule has 1 fully saturated rings. The molecule has 1 saturated heterocycles. The second-order valence-corrected chi connectivity index (χ2v) is 7.48. The highest BCUT2D eigenvalue weighted by Gasteiger charge is 2.37. The number of nitriles is 1. The van der Waals surface area contributed by atoms with Gasteiger partial charge in [-0.15, -0.1) is 11.3 Å². The number of hydrogen-bond donors (Lipinski definition) is 2. The van der Waals surface area contributed by atoms with Crippen molar-refractivity contribution in [2.75, 3.05) is 37.9 Å². The van der Waals surface area contributed by atoms with Crippen LogP contribution in [0.4, 0.5) is 10.8 Å². The molecule has 0 aliphatic carbocycles. The zero-order valence-corrected chi connectivity index (χ0v) is 16.6. The predicted molar refractivity (Wildman–Crippen MR) is 105 cm³/mol. The number of nitrogens with zero attached hydrogens (tertiary/aromatic N) is 4. The van der Waals surface area contributed by atoms with Gasteiger partial charge in [0.15, 0.2) is 5.82 Å². The lowest BCUT2D eigenvalue weighted by Gasteiger charge is -2.23. The van der Waals surface area contributed by atoms with Crippen molar-refractivity contribution in [3.63, 3.8) is 0 Å². The maximum atomic E-state index is 12.9. The first-order valence-corrected chi connectivity index (χ1v) is 9.76. The SMILES string of the molecule is COC(=O)c1ccsc1N1CC[C@@H](N(C)CCCc2[nH]nc(N)c2C#N)C1=O. The molecule has 0 unspecified atom stereocenters. The number of amides is 1. The van der Waals surface area contributed by atoms with Gasteiger partial charge in [-0.05, 0) is 44.3 Å². The van der Waals surface area contributed by atoms with Crippen LogP contribution in [0.5, 0.6) is 0 Å². The van der Waals surface area contributed by atoms with Crippen molar-refractivity contribution in [3.8, 4) is 6.07 Å². The highest BCUT2D eigenvalue weighted by molar-refractivity contribution is 7.14. The number of carbonyl (C=O) groups is 2. The molecule has 2 aromatic rings. The monoisotopic (exact) mass is 402 g/mol. The Morgan fingerprint density at radius 1 is 1.61 bits per heavy atom. The van der Waals surface area contributed by atoms with E-state index in [4.69, 9.17) is 15.7 Å². The molecule has 0 spiro atoms. The molecule has 0 saturated carbocycles. The lowest BCUT2D eigenvalue weighted by molar-refractivity contribution is -0.121. The van der Waals surface area contributed by atoms with E-state index in [0.29, 0.717) is 47.8 Å². The Balaban J connectivity index is 1.59. The number of ether oxygens (including phenoxy) is 1. The maximum absolute atomic E-state index is 12.9. The summed E-state index contributed by atoms with van der Waals surface area (Å²) in [5.74, 6) is -0.239. The van der Waals surface area contributed by atoms with E-state index in [1.807, 2.05) is 11.9 Å². The zero-order valence-electron chi connectivity index (χ0n) is 15.8. The first-order chi connectivity index (χ1) is 13.5. The smallest absolute Gasteiger partial charge is 0.340 e. The molecule has 0 aromatic carbocycles. The number of rotatable bonds is 7. The van der Waals surface area contributed by atoms with Gasteiger partial charge in [0.25, 0.3) is 0 Å². The summed E-state index contributed by atoms with van der Waals surface area (Å²) < 4.78 is 4.80. The van der Waals surface area contributed by atoms with Crippen LogP contribution in [0, 0.1) is 11.3 Å². The number of nitrogens with one attached hydrogen (secondary N) is 1. The quantitative estimate of drug-likeness (QED) is 0.670. The molecule has 148 valence electrons. The standard InChI is InChI=1S/C18H22N6O3S/c1-23(7-3-4-13-12(10-19)15(20)22-21-13)14-5-8-24(16(14)25)17-11(6-9-28-17)18(26)27-2/h6,9,14H,3-5,7-8H2,1-2H3,(H3,20,21,22)/t14-/m1/s1. The van der Waals surface area contributed by atoms with Crippen molar-refractivity contribution in [2.24, 2.45) is 0 Å². The van der Waals surface area contributed by atoms with Crippen LogP contribution in [0.25, 0.3) is 0 Å². The van der Waals surface area contributed by atoms with Gasteiger partial charge in [0.05, 0.1) is 24.4 Å². The molecule has 0 radical (unpaired) electrons. The Morgan fingerprint density at radius 2 is 2.39 bits per heavy atom. The second kappa shape index (κ2) is 8.41. The van der Waals surface area contributed by atoms with Crippen LogP contribution in [-0.4, -0.2) is 60.3 Å². The van der Waals surface area contributed by atoms with Crippen LogP contribution in [0.3, 0.4) is 0 Å². The lowest BCUT2D eigenvalue weighted by Crippen LogP contribution is -2.40. The first-order valence-electron chi connectivity index (χ1n) is 8.88. The fourth-order valence-electron chi connectivity index (χ4n) is 3.41. The van der Waals surface area contributed by atoms with Crippen LogP contribution < -0.4 is 10.6 Å². The van der Waals surface area contributed by atoms with Gasteiger partial charge in [-0.25, -0.2) is 4.79 Å². The number of hydrogen-bond acceptors (Lipinski definition) is 8. The van der Waals surface area contributed by atoms with E-state index in [0.717, 1.165) is 6.42 Å². The van der Waals surface area contributed by atoms with Crippen LogP contribution in [0.15, 0.2) is 11.4 Å². The minimum absolute atomic E-state index is 0.0152. The second-order valence-electron chi connectivity index (χ2n) is 6.58. The molecule has 9 nitrogen and oxygen atoms in total. The van der Waals surface area contributed by atoms with Gasteiger partial charge >= 0.3 is 5.97 Å². The number of likely N-dealkylation sites (N-methyl/N-ethyl adjacent to an activating group) is 1. The molecular weight excluding hydrogens is 380 g/mol. The van der Waals surface area contributed by atoms with Crippen molar-refractivity contribution in [1.82, 2.24) is 15.1 Å². The third-order valence-electron chi connectivity index (χ3n) is 4.92. The number of aryl methyl sites for hydroxylation is 1. The first kappa shape index (κ1) is 19.9. The molecule has 1 amide bonds. The molecule has 3 N–H and O–H groups in total. The normalized spacial score (nSPS) is 16.6. The number of thiophene rings is 1. The molecule has 28 heavy (non-hydrogen) atoms. The van der Waals surface area contributed by atoms with E-state index >= 15 is 0 Å². The minimum atomic E-state index is -0.437. The molecule has 3 heterocycles. The van der Waals surface area contributed by atoms with Crippen LogP contribution in [0.2, 0.25) is 0 Å². The van der Waals surface area contributed by atoms with Gasteiger partial charge in [0.1, 0.15) is 16.6 Å². The summed E-state index contributed by atoms with van der Waals surface area (Å²) in [5.41, 5.74) is 7.17. The zero-order chi connectivity index (χ0) is 20.3.